The fourth-order valence-electron chi connectivity index (χ4n) is 1.70. The summed E-state index contributed by atoms with van der Waals surface area (Å²) in [5.74, 6) is 1.89. The second-order valence-electron chi connectivity index (χ2n) is 4.02. The van der Waals surface area contributed by atoms with Gasteiger partial charge in [0, 0.05) is 12.5 Å². The van der Waals surface area contributed by atoms with E-state index in [1.807, 2.05) is 20.8 Å². The second-order valence-corrected chi connectivity index (χ2v) is 4.41. The Kier molecular flexibility index (Phi) is 3.52. The maximum absolute atomic E-state index is 11.9. The van der Waals surface area contributed by atoms with Crippen LogP contribution < -0.4 is 5.56 Å². The highest BCUT2D eigenvalue weighted by molar-refractivity contribution is 6.29. The van der Waals surface area contributed by atoms with Crippen LogP contribution in [-0.4, -0.2) is 14.5 Å². The molecule has 2 heterocycles. The van der Waals surface area contributed by atoms with E-state index in [2.05, 4.69) is 9.97 Å². The van der Waals surface area contributed by atoms with Gasteiger partial charge in [-0.25, -0.2) is 9.97 Å². The molecule has 0 unspecified atom stereocenters. The van der Waals surface area contributed by atoms with Crippen LogP contribution in [0.25, 0.3) is 0 Å². The van der Waals surface area contributed by atoms with Gasteiger partial charge < -0.3 is 4.42 Å². The first-order valence-corrected chi connectivity index (χ1v) is 6.08. The van der Waals surface area contributed by atoms with E-state index in [1.54, 1.807) is 0 Å². The molecule has 2 rings (SSSR count). The molecule has 0 aliphatic heterocycles. The van der Waals surface area contributed by atoms with Crippen LogP contribution >= 0.6 is 11.6 Å². The third-order valence-electron chi connectivity index (χ3n) is 2.74. The number of halogens is 1. The molecular weight excluding hydrogens is 254 g/mol. The number of aryl methyl sites for hydroxylation is 3. The van der Waals surface area contributed by atoms with Gasteiger partial charge >= 0.3 is 0 Å². The van der Waals surface area contributed by atoms with Gasteiger partial charge in [0.15, 0.2) is 0 Å². The molecule has 0 aliphatic rings. The summed E-state index contributed by atoms with van der Waals surface area (Å²) in [6.07, 6.45) is 0.620. The lowest BCUT2D eigenvalue weighted by molar-refractivity contribution is 0.448. The van der Waals surface area contributed by atoms with E-state index in [0.29, 0.717) is 18.1 Å². The van der Waals surface area contributed by atoms with Gasteiger partial charge in [-0.1, -0.05) is 18.5 Å². The molecule has 2 aromatic rings. The number of nitrogens with zero attached hydrogens (tertiary/aromatic N) is 3. The molecule has 0 saturated heterocycles. The zero-order chi connectivity index (χ0) is 13.3. The van der Waals surface area contributed by atoms with Crippen LogP contribution in [0.3, 0.4) is 0 Å². The van der Waals surface area contributed by atoms with E-state index in [1.165, 1.54) is 10.6 Å². The predicted octanol–water partition coefficient (Wildman–Crippen LogP) is 2.11. The number of oxazole rings is 1. The fraction of sp³-hybridized carbons (Fsp3) is 0.417. The number of rotatable bonds is 3. The lowest BCUT2D eigenvalue weighted by atomic mass is 10.4. The minimum atomic E-state index is -0.194. The monoisotopic (exact) mass is 267 g/mol. The number of hydrogen-bond acceptors (Lipinski definition) is 4. The summed E-state index contributed by atoms with van der Waals surface area (Å²) in [5.41, 5.74) is 0.637. The van der Waals surface area contributed by atoms with E-state index in [-0.39, 0.29) is 17.3 Å². The second kappa shape index (κ2) is 4.94. The molecule has 0 aliphatic carbocycles. The van der Waals surface area contributed by atoms with Crippen molar-refractivity contribution in [2.24, 2.45) is 0 Å². The molecule has 0 bridgehead atoms. The number of aromatic nitrogens is 3. The Balaban J connectivity index is 2.42. The van der Waals surface area contributed by atoms with Crippen molar-refractivity contribution in [3.8, 4) is 0 Å². The first kappa shape index (κ1) is 12.8. The minimum absolute atomic E-state index is 0.194. The molecule has 0 spiro atoms. The van der Waals surface area contributed by atoms with Gasteiger partial charge in [-0.2, -0.15) is 0 Å². The lowest BCUT2D eigenvalue weighted by Gasteiger charge is -2.08. The Labute approximate surface area is 109 Å². The molecule has 2 aromatic heterocycles. The van der Waals surface area contributed by atoms with Crippen molar-refractivity contribution in [3.05, 3.63) is 44.7 Å². The van der Waals surface area contributed by atoms with Crippen LogP contribution in [0.1, 0.15) is 30.1 Å². The van der Waals surface area contributed by atoms with Crippen LogP contribution in [-0.2, 0) is 13.0 Å². The summed E-state index contributed by atoms with van der Waals surface area (Å²) in [6.45, 7) is 5.91. The van der Waals surface area contributed by atoms with Crippen LogP contribution in [0.15, 0.2) is 15.3 Å². The highest BCUT2D eigenvalue weighted by Gasteiger charge is 2.11. The minimum Gasteiger partial charge on any atom is -0.444 e. The molecule has 6 heteroatoms. The summed E-state index contributed by atoms with van der Waals surface area (Å²) >= 11 is 5.77. The fourth-order valence-corrected chi connectivity index (χ4v) is 1.89. The summed E-state index contributed by atoms with van der Waals surface area (Å²) in [5, 5.41) is 0.216. The highest BCUT2D eigenvalue weighted by Crippen LogP contribution is 2.10. The summed E-state index contributed by atoms with van der Waals surface area (Å²) in [7, 11) is 0. The van der Waals surface area contributed by atoms with E-state index in [0.717, 1.165) is 11.5 Å². The van der Waals surface area contributed by atoms with Gasteiger partial charge in [0.1, 0.15) is 23.3 Å². The van der Waals surface area contributed by atoms with Crippen LogP contribution in [0.2, 0.25) is 5.15 Å². The largest absolute Gasteiger partial charge is 0.444 e. The maximum atomic E-state index is 11.9. The molecular formula is C12H14ClN3O2. The molecule has 0 N–H and O–H groups in total. The normalized spacial score (nSPS) is 10.9. The van der Waals surface area contributed by atoms with Crippen molar-refractivity contribution in [2.75, 3.05) is 0 Å². The average molecular weight is 268 g/mol. The highest BCUT2D eigenvalue weighted by atomic mass is 35.5. The molecule has 5 nitrogen and oxygen atoms in total. The van der Waals surface area contributed by atoms with Gasteiger partial charge in [0.25, 0.3) is 5.56 Å². The Morgan fingerprint density at radius 3 is 2.67 bits per heavy atom. The molecule has 18 heavy (non-hydrogen) atoms. The molecule has 0 fully saturated rings. The molecule has 0 atom stereocenters. The lowest BCUT2D eigenvalue weighted by Crippen LogP contribution is -2.24. The van der Waals surface area contributed by atoms with Gasteiger partial charge in [-0.3, -0.25) is 9.36 Å². The molecule has 0 aromatic carbocycles. The van der Waals surface area contributed by atoms with E-state index in [9.17, 15) is 4.79 Å². The number of hydrogen-bond donors (Lipinski definition) is 0. The standard InChI is InChI=1S/C12H14ClN3O2/c1-4-10-15-9(13)5-12(17)16(10)6-11-14-7(2)8(3)18-11/h5H,4,6H2,1-3H3. The van der Waals surface area contributed by atoms with Crippen molar-refractivity contribution in [2.45, 2.75) is 33.7 Å². The average Bonchev–Trinajstić information content (AvgIpc) is 2.61. The molecule has 0 amide bonds. The van der Waals surface area contributed by atoms with Crippen molar-refractivity contribution in [3.63, 3.8) is 0 Å². The van der Waals surface area contributed by atoms with E-state index in [4.69, 9.17) is 16.0 Å². The Morgan fingerprint density at radius 2 is 2.11 bits per heavy atom. The SMILES string of the molecule is CCc1nc(Cl)cc(=O)n1Cc1nc(C)c(C)o1. The summed E-state index contributed by atoms with van der Waals surface area (Å²) in [4.78, 5) is 20.3. The van der Waals surface area contributed by atoms with Crippen molar-refractivity contribution >= 4 is 11.6 Å². The predicted molar refractivity (Wildman–Crippen MR) is 68.0 cm³/mol. The van der Waals surface area contributed by atoms with Gasteiger partial charge in [0.2, 0.25) is 5.89 Å². The Bertz CT molecular complexity index is 611. The summed E-state index contributed by atoms with van der Waals surface area (Å²) in [6, 6.07) is 1.30. The third kappa shape index (κ3) is 2.46. The van der Waals surface area contributed by atoms with Crippen molar-refractivity contribution in [1.82, 2.24) is 14.5 Å². The quantitative estimate of drug-likeness (QED) is 0.799. The zero-order valence-electron chi connectivity index (χ0n) is 10.5. The first-order chi connectivity index (χ1) is 8.51. The van der Waals surface area contributed by atoms with Crippen molar-refractivity contribution < 1.29 is 4.42 Å². The van der Waals surface area contributed by atoms with Crippen LogP contribution in [0.5, 0.6) is 0 Å². The van der Waals surface area contributed by atoms with Crippen LogP contribution in [0, 0.1) is 13.8 Å². The van der Waals surface area contributed by atoms with Gasteiger partial charge in [0.05, 0.1) is 5.69 Å². The first-order valence-electron chi connectivity index (χ1n) is 5.70. The molecule has 0 radical (unpaired) electrons. The smallest absolute Gasteiger partial charge is 0.255 e. The zero-order valence-corrected chi connectivity index (χ0v) is 11.3. The summed E-state index contributed by atoms with van der Waals surface area (Å²) < 4.78 is 7.00. The Hall–Kier alpha value is -1.62. The van der Waals surface area contributed by atoms with Gasteiger partial charge in [-0.05, 0) is 13.8 Å². The molecule has 0 saturated carbocycles. The molecule has 96 valence electrons. The van der Waals surface area contributed by atoms with E-state index >= 15 is 0 Å². The maximum Gasteiger partial charge on any atom is 0.255 e. The third-order valence-corrected chi connectivity index (χ3v) is 2.93. The van der Waals surface area contributed by atoms with Crippen molar-refractivity contribution in [1.29, 1.82) is 0 Å². The van der Waals surface area contributed by atoms with Gasteiger partial charge in [-0.15, -0.1) is 0 Å². The Morgan fingerprint density at radius 1 is 1.39 bits per heavy atom. The topological polar surface area (TPSA) is 60.9 Å². The van der Waals surface area contributed by atoms with Crippen LogP contribution in [0.4, 0.5) is 0 Å². The van der Waals surface area contributed by atoms with E-state index < -0.39 is 0 Å².